The van der Waals surface area contributed by atoms with Crippen molar-refractivity contribution in [3.05, 3.63) is 0 Å². The van der Waals surface area contributed by atoms with Gasteiger partial charge in [0.25, 0.3) is 0 Å². The summed E-state index contributed by atoms with van der Waals surface area (Å²) in [6.45, 7) is 5.29. The summed E-state index contributed by atoms with van der Waals surface area (Å²) in [6.07, 6.45) is 0.863. The molecule has 2 fully saturated rings. The average Bonchev–Trinajstić information content (AvgIpc) is 2.73. The van der Waals surface area contributed by atoms with Crippen LogP contribution in [0.15, 0.2) is 0 Å². The van der Waals surface area contributed by atoms with E-state index in [1.807, 2.05) is 0 Å². The monoisotopic (exact) mass is 226 g/mol. The molecule has 0 aromatic heterocycles. The first-order valence-corrected chi connectivity index (χ1v) is 5.52. The Morgan fingerprint density at radius 1 is 1.31 bits per heavy atom. The molecule has 0 N–H and O–H groups in total. The standard InChI is InChI=1S/C11H17NO4/c1-11(2,3)16-10(15)12-7-4-6(7)5-8(12)9(13)14/h6-8H,4-5H2,1-3H3,(H,13,14)/p-1/t6-,7-,8-/m1/s1. The Kier molecular flexibility index (Phi) is 2.36. The van der Waals surface area contributed by atoms with Crippen LogP contribution in [-0.4, -0.2) is 34.6 Å². The molecule has 1 amide bonds. The average molecular weight is 226 g/mol. The van der Waals surface area contributed by atoms with Gasteiger partial charge in [0, 0.05) is 6.04 Å². The van der Waals surface area contributed by atoms with Crippen molar-refractivity contribution in [3.63, 3.8) is 0 Å². The molecule has 1 saturated carbocycles. The summed E-state index contributed by atoms with van der Waals surface area (Å²) in [5.74, 6) is -0.853. The summed E-state index contributed by atoms with van der Waals surface area (Å²) in [5.41, 5.74) is -0.597. The molecule has 2 aliphatic rings. The van der Waals surface area contributed by atoms with Gasteiger partial charge in [0.05, 0.1) is 12.0 Å². The van der Waals surface area contributed by atoms with E-state index in [0.29, 0.717) is 12.3 Å². The predicted octanol–water partition coefficient (Wildman–Crippen LogP) is 0.134. The van der Waals surface area contributed by atoms with Crippen LogP contribution in [0.1, 0.15) is 33.6 Å². The first-order chi connectivity index (χ1) is 7.29. The zero-order valence-electron chi connectivity index (χ0n) is 9.73. The fourth-order valence-electron chi connectivity index (χ4n) is 2.24. The van der Waals surface area contributed by atoms with Crippen LogP contribution < -0.4 is 5.11 Å². The fraction of sp³-hybridized carbons (Fsp3) is 0.818. The molecule has 1 aliphatic heterocycles. The molecular weight excluding hydrogens is 210 g/mol. The van der Waals surface area contributed by atoms with E-state index in [4.69, 9.17) is 4.74 Å². The SMILES string of the molecule is CC(C)(C)OC(=O)N1[C@@H](C(=O)[O-])C[C@H]2C[C@H]21. The van der Waals surface area contributed by atoms with Crippen LogP contribution in [0.2, 0.25) is 0 Å². The normalized spacial score (nSPS) is 32.2. The number of nitrogens with zero attached hydrogens (tertiary/aromatic N) is 1. The molecule has 1 aliphatic carbocycles. The Bertz CT molecular complexity index is 333. The Labute approximate surface area is 94.4 Å². The second-order valence-electron chi connectivity index (χ2n) is 5.52. The minimum absolute atomic E-state index is 0.0535. The summed E-state index contributed by atoms with van der Waals surface area (Å²) < 4.78 is 5.20. The highest BCUT2D eigenvalue weighted by atomic mass is 16.6. The van der Waals surface area contributed by atoms with E-state index in [9.17, 15) is 14.7 Å². The summed E-state index contributed by atoms with van der Waals surface area (Å²) in [7, 11) is 0. The zero-order valence-corrected chi connectivity index (χ0v) is 9.73. The van der Waals surface area contributed by atoms with E-state index in [1.54, 1.807) is 20.8 Å². The number of carbonyl (C=O) groups excluding carboxylic acids is 2. The highest BCUT2D eigenvalue weighted by Gasteiger charge is 2.55. The number of carbonyl (C=O) groups is 2. The number of ether oxygens (including phenoxy) is 1. The van der Waals surface area contributed by atoms with Crippen LogP contribution in [-0.2, 0) is 9.53 Å². The number of aliphatic carboxylic acids is 1. The van der Waals surface area contributed by atoms with Gasteiger partial charge in [-0.15, -0.1) is 0 Å². The van der Waals surface area contributed by atoms with E-state index in [-0.39, 0.29) is 6.04 Å². The quantitative estimate of drug-likeness (QED) is 0.637. The molecule has 5 heteroatoms. The molecule has 1 saturated heterocycles. The Balaban J connectivity index is 2.07. The molecule has 5 nitrogen and oxygen atoms in total. The first kappa shape index (κ1) is 11.2. The minimum atomic E-state index is -1.18. The van der Waals surface area contributed by atoms with Crippen molar-refractivity contribution >= 4 is 12.1 Å². The third-order valence-corrected chi connectivity index (χ3v) is 2.98. The summed E-state index contributed by atoms with van der Waals surface area (Å²) in [5, 5.41) is 10.9. The molecule has 2 rings (SSSR count). The fourth-order valence-corrected chi connectivity index (χ4v) is 2.24. The molecule has 0 bridgehead atoms. The summed E-state index contributed by atoms with van der Waals surface area (Å²) >= 11 is 0. The van der Waals surface area contributed by atoms with Crippen LogP contribution in [0.25, 0.3) is 0 Å². The number of hydrogen-bond acceptors (Lipinski definition) is 4. The molecule has 0 unspecified atom stereocenters. The van der Waals surface area contributed by atoms with Crippen molar-refractivity contribution in [3.8, 4) is 0 Å². The van der Waals surface area contributed by atoms with Gasteiger partial charge in [-0.3, -0.25) is 4.90 Å². The number of piperidine rings is 1. The Morgan fingerprint density at radius 2 is 1.94 bits per heavy atom. The van der Waals surface area contributed by atoms with Crippen LogP contribution in [0.3, 0.4) is 0 Å². The van der Waals surface area contributed by atoms with Gasteiger partial charge in [-0.1, -0.05) is 0 Å². The van der Waals surface area contributed by atoms with E-state index in [2.05, 4.69) is 0 Å². The Morgan fingerprint density at radius 3 is 2.44 bits per heavy atom. The third-order valence-electron chi connectivity index (χ3n) is 2.98. The largest absolute Gasteiger partial charge is 0.548 e. The molecular formula is C11H16NO4-. The van der Waals surface area contributed by atoms with E-state index < -0.39 is 23.7 Å². The maximum absolute atomic E-state index is 11.8. The lowest BCUT2D eigenvalue weighted by molar-refractivity contribution is -0.310. The highest BCUT2D eigenvalue weighted by molar-refractivity contribution is 5.80. The summed E-state index contributed by atoms with van der Waals surface area (Å²) in [6, 6.07) is -0.753. The van der Waals surface area contributed by atoms with Crippen LogP contribution in [0.5, 0.6) is 0 Å². The number of carboxylic acids is 1. The van der Waals surface area contributed by atoms with Gasteiger partial charge in [0.1, 0.15) is 5.60 Å². The molecule has 1 heterocycles. The maximum atomic E-state index is 11.8. The molecule has 90 valence electrons. The second kappa shape index (κ2) is 3.37. The topological polar surface area (TPSA) is 69.7 Å². The van der Waals surface area contributed by atoms with Crippen molar-refractivity contribution in [2.75, 3.05) is 0 Å². The molecule has 0 aromatic rings. The van der Waals surface area contributed by atoms with Crippen molar-refractivity contribution in [1.29, 1.82) is 0 Å². The minimum Gasteiger partial charge on any atom is -0.548 e. The van der Waals surface area contributed by atoms with Crippen molar-refractivity contribution < 1.29 is 19.4 Å². The van der Waals surface area contributed by atoms with Crippen LogP contribution in [0, 0.1) is 5.92 Å². The van der Waals surface area contributed by atoms with Crippen molar-refractivity contribution in [2.24, 2.45) is 5.92 Å². The van der Waals surface area contributed by atoms with Crippen molar-refractivity contribution in [1.82, 2.24) is 4.90 Å². The molecule has 0 radical (unpaired) electrons. The maximum Gasteiger partial charge on any atom is 0.411 e. The van der Waals surface area contributed by atoms with E-state index in [1.165, 1.54) is 4.90 Å². The second-order valence-corrected chi connectivity index (χ2v) is 5.52. The van der Waals surface area contributed by atoms with Gasteiger partial charge >= 0.3 is 6.09 Å². The van der Waals surface area contributed by atoms with Gasteiger partial charge in [0.2, 0.25) is 0 Å². The predicted molar refractivity (Wildman–Crippen MR) is 53.4 cm³/mol. The van der Waals surface area contributed by atoms with Crippen LogP contribution in [0.4, 0.5) is 4.79 Å². The lowest BCUT2D eigenvalue weighted by Crippen LogP contribution is -2.50. The number of amides is 1. The van der Waals surface area contributed by atoms with Gasteiger partial charge in [-0.25, -0.2) is 4.79 Å². The Hall–Kier alpha value is -1.26. The van der Waals surface area contributed by atoms with Gasteiger partial charge in [0.15, 0.2) is 0 Å². The van der Waals surface area contributed by atoms with Crippen LogP contribution >= 0.6 is 0 Å². The van der Waals surface area contributed by atoms with Crippen molar-refractivity contribution in [2.45, 2.75) is 51.3 Å². The highest BCUT2D eigenvalue weighted by Crippen LogP contribution is 2.48. The molecule has 0 aromatic carbocycles. The first-order valence-electron chi connectivity index (χ1n) is 5.52. The van der Waals surface area contributed by atoms with Gasteiger partial charge in [-0.05, 0) is 39.5 Å². The summed E-state index contributed by atoms with van der Waals surface area (Å²) in [4.78, 5) is 24.1. The number of hydrogen-bond donors (Lipinski definition) is 0. The number of fused-ring (bicyclic) bond motifs is 1. The lowest BCUT2D eigenvalue weighted by atomic mass is 10.2. The molecule has 16 heavy (non-hydrogen) atoms. The smallest absolute Gasteiger partial charge is 0.411 e. The van der Waals surface area contributed by atoms with E-state index in [0.717, 1.165) is 6.42 Å². The number of carboxylic acid groups (broad SMARTS) is 1. The van der Waals surface area contributed by atoms with Gasteiger partial charge < -0.3 is 14.6 Å². The molecule has 3 atom stereocenters. The van der Waals surface area contributed by atoms with E-state index >= 15 is 0 Å². The zero-order chi connectivity index (χ0) is 12.1. The number of rotatable bonds is 1. The number of likely N-dealkylation sites (tertiary alicyclic amines) is 1. The lowest BCUT2D eigenvalue weighted by Gasteiger charge is -2.30. The third kappa shape index (κ3) is 1.99. The van der Waals surface area contributed by atoms with Gasteiger partial charge in [-0.2, -0.15) is 0 Å². The molecule has 0 spiro atoms.